The summed E-state index contributed by atoms with van der Waals surface area (Å²) in [6.45, 7) is 4.95. The molecule has 2 N–H and O–H groups in total. The molecule has 1 aliphatic rings. The average molecular weight is 265 g/mol. The van der Waals surface area contributed by atoms with E-state index >= 15 is 0 Å². The van der Waals surface area contributed by atoms with E-state index in [4.69, 9.17) is 9.47 Å². The lowest BCUT2D eigenvalue weighted by Gasteiger charge is -2.21. The first kappa shape index (κ1) is 13.7. The van der Waals surface area contributed by atoms with Crippen LogP contribution < -0.4 is 14.8 Å². The van der Waals surface area contributed by atoms with Gasteiger partial charge in [0.2, 0.25) is 0 Å². The van der Waals surface area contributed by atoms with Crippen molar-refractivity contribution >= 4 is 5.91 Å². The summed E-state index contributed by atoms with van der Waals surface area (Å²) in [5, 5.41) is 12.4. The van der Waals surface area contributed by atoms with Gasteiger partial charge in [0.1, 0.15) is 13.2 Å². The first-order valence-electron chi connectivity index (χ1n) is 6.44. The number of carbonyl (C=O) groups is 1. The van der Waals surface area contributed by atoms with Gasteiger partial charge in [0.05, 0.1) is 11.7 Å². The largest absolute Gasteiger partial charge is 0.486 e. The van der Waals surface area contributed by atoms with Crippen LogP contribution in [0.15, 0.2) is 18.2 Å². The van der Waals surface area contributed by atoms with Gasteiger partial charge < -0.3 is 19.9 Å². The number of rotatable bonds is 4. The van der Waals surface area contributed by atoms with E-state index in [9.17, 15) is 9.90 Å². The van der Waals surface area contributed by atoms with E-state index in [2.05, 4.69) is 5.32 Å². The molecule has 104 valence electrons. The molecule has 0 spiro atoms. The van der Waals surface area contributed by atoms with Gasteiger partial charge in [-0.05, 0) is 18.1 Å². The molecule has 1 aliphatic heterocycles. The summed E-state index contributed by atoms with van der Waals surface area (Å²) in [5.41, 5.74) is 0.438. The van der Waals surface area contributed by atoms with Gasteiger partial charge in [0.15, 0.2) is 11.5 Å². The van der Waals surface area contributed by atoms with Gasteiger partial charge in [-0.1, -0.05) is 19.9 Å². The highest BCUT2D eigenvalue weighted by Crippen LogP contribution is 2.33. The van der Waals surface area contributed by atoms with Gasteiger partial charge in [-0.3, -0.25) is 4.79 Å². The third-order valence-corrected chi connectivity index (χ3v) is 3.05. The lowest BCUT2D eigenvalue weighted by molar-refractivity contribution is 0.0862. The fourth-order valence-electron chi connectivity index (χ4n) is 1.78. The van der Waals surface area contributed by atoms with Crippen molar-refractivity contribution in [3.05, 3.63) is 23.8 Å². The summed E-state index contributed by atoms with van der Waals surface area (Å²) in [5.74, 6) is 0.903. The third kappa shape index (κ3) is 3.17. The summed E-state index contributed by atoms with van der Waals surface area (Å²) < 4.78 is 10.9. The molecular weight excluding hydrogens is 246 g/mol. The molecule has 19 heavy (non-hydrogen) atoms. The minimum atomic E-state index is -0.555. The zero-order chi connectivity index (χ0) is 13.8. The fourth-order valence-corrected chi connectivity index (χ4v) is 1.78. The smallest absolute Gasteiger partial charge is 0.255 e. The summed E-state index contributed by atoms with van der Waals surface area (Å²) in [4.78, 5) is 12.1. The molecule has 1 atom stereocenters. The Morgan fingerprint density at radius 2 is 2.11 bits per heavy atom. The molecule has 0 bridgehead atoms. The molecule has 1 heterocycles. The van der Waals surface area contributed by atoms with E-state index in [0.717, 1.165) is 0 Å². The Balaban J connectivity index is 2.07. The zero-order valence-electron chi connectivity index (χ0n) is 11.2. The third-order valence-electron chi connectivity index (χ3n) is 3.05. The van der Waals surface area contributed by atoms with Crippen molar-refractivity contribution in [1.29, 1.82) is 0 Å². The van der Waals surface area contributed by atoms with Crippen LogP contribution in [0.2, 0.25) is 0 Å². The van der Waals surface area contributed by atoms with Crippen LogP contribution in [0, 0.1) is 5.92 Å². The monoisotopic (exact) mass is 265 g/mol. The van der Waals surface area contributed by atoms with Crippen molar-refractivity contribution in [2.75, 3.05) is 19.8 Å². The molecule has 5 heteroatoms. The average Bonchev–Trinajstić information content (AvgIpc) is 2.43. The summed E-state index contributed by atoms with van der Waals surface area (Å²) in [7, 11) is 0. The van der Waals surface area contributed by atoms with Gasteiger partial charge in [-0.25, -0.2) is 0 Å². The fraction of sp³-hybridized carbons (Fsp3) is 0.500. The normalized spacial score (nSPS) is 15.2. The molecule has 0 aliphatic carbocycles. The van der Waals surface area contributed by atoms with E-state index in [1.165, 1.54) is 0 Å². The lowest BCUT2D eigenvalue weighted by Crippen LogP contribution is -2.35. The van der Waals surface area contributed by atoms with Crippen LogP contribution in [0.3, 0.4) is 0 Å². The van der Waals surface area contributed by atoms with Crippen LogP contribution in [0.4, 0.5) is 0 Å². The molecule has 1 amide bonds. The Hall–Kier alpha value is -1.75. The number of para-hydroxylation sites is 1. The maximum atomic E-state index is 12.1. The number of hydrogen-bond donors (Lipinski definition) is 2. The SMILES string of the molecule is CC(C)C(O)CNC(=O)c1cccc2c1OCCO2. The highest BCUT2D eigenvalue weighted by Gasteiger charge is 2.21. The molecule has 0 saturated carbocycles. The molecule has 1 aromatic rings. The number of amides is 1. The number of aliphatic hydroxyl groups is 1. The Labute approximate surface area is 112 Å². The summed E-state index contributed by atoms with van der Waals surface area (Å²) in [6, 6.07) is 5.21. The second-order valence-corrected chi connectivity index (χ2v) is 4.85. The maximum Gasteiger partial charge on any atom is 0.255 e. The van der Waals surface area contributed by atoms with Crippen LogP contribution in [0.25, 0.3) is 0 Å². The molecule has 2 rings (SSSR count). The van der Waals surface area contributed by atoms with Crippen LogP contribution >= 0.6 is 0 Å². The molecule has 0 saturated heterocycles. The van der Waals surface area contributed by atoms with Crippen LogP contribution in [-0.2, 0) is 0 Å². The van der Waals surface area contributed by atoms with Crippen molar-refractivity contribution in [3.63, 3.8) is 0 Å². The van der Waals surface area contributed by atoms with E-state index in [-0.39, 0.29) is 18.4 Å². The first-order valence-corrected chi connectivity index (χ1v) is 6.44. The number of nitrogens with one attached hydrogen (secondary N) is 1. The van der Waals surface area contributed by atoms with Crippen molar-refractivity contribution in [2.45, 2.75) is 20.0 Å². The minimum absolute atomic E-state index is 0.101. The van der Waals surface area contributed by atoms with Crippen molar-refractivity contribution in [2.24, 2.45) is 5.92 Å². The Kier molecular flexibility index (Phi) is 4.27. The Morgan fingerprint density at radius 3 is 2.84 bits per heavy atom. The number of carbonyl (C=O) groups excluding carboxylic acids is 1. The predicted octanol–water partition coefficient (Wildman–Crippen LogP) is 1.20. The highest BCUT2D eigenvalue weighted by molar-refractivity contribution is 5.97. The zero-order valence-corrected chi connectivity index (χ0v) is 11.2. The van der Waals surface area contributed by atoms with Crippen LogP contribution in [-0.4, -0.2) is 36.9 Å². The molecule has 1 aromatic carbocycles. The van der Waals surface area contributed by atoms with Gasteiger partial charge in [0, 0.05) is 6.54 Å². The van der Waals surface area contributed by atoms with Crippen molar-refractivity contribution < 1.29 is 19.4 Å². The van der Waals surface area contributed by atoms with E-state index in [1.54, 1.807) is 18.2 Å². The van der Waals surface area contributed by atoms with Gasteiger partial charge in [-0.15, -0.1) is 0 Å². The second-order valence-electron chi connectivity index (χ2n) is 4.85. The number of hydrogen-bond acceptors (Lipinski definition) is 4. The van der Waals surface area contributed by atoms with E-state index < -0.39 is 6.10 Å². The number of aliphatic hydroxyl groups excluding tert-OH is 1. The standard InChI is InChI=1S/C14H19NO4/c1-9(2)11(16)8-15-14(17)10-4-3-5-12-13(10)19-7-6-18-12/h3-5,9,11,16H,6-8H2,1-2H3,(H,15,17). The number of fused-ring (bicyclic) bond motifs is 1. The quantitative estimate of drug-likeness (QED) is 0.858. The minimum Gasteiger partial charge on any atom is -0.486 e. The topological polar surface area (TPSA) is 67.8 Å². The van der Waals surface area contributed by atoms with Crippen LogP contribution in [0.1, 0.15) is 24.2 Å². The van der Waals surface area contributed by atoms with Crippen LogP contribution in [0.5, 0.6) is 11.5 Å². The molecule has 0 radical (unpaired) electrons. The molecule has 0 aromatic heterocycles. The van der Waals surface area contributed by atoms with E-state index in [0.29, 0.717) is 30.3 Å². The number of ether oxygens (including phenoxy) is 2. The first-order chi connectivity index (χ1) is 9.09. The second kappa shape index (κ2) is 5.93. The molecular formula is C14H19NO4. The Morgan fingerprint density at radius 1 is 1.37 bits per heavy atom. The van der Waals surface area contributed by atoms with Crippen molar-refractivity contribution in [3.8, 4) is 11.5 Å². The molecule has 0 fully saturated rings. The maximum absolute atomic E-state index is 12.1. The van der Waals surface area contributed by atoms with Gasteiger partial charge in [0.25, 0.3) is 5.91 Å². The number of benzene rings is 1. The Bertz CT molecular complexity index is 459. The lowest BCUT2D eigenvalue weighted by atomic mass is 10.1. The summed E-state index contributed by atoms with van der Waals surface area (Å²) >= 11 is 0. The molecule has 1 unspecified atom stereocenters. The molecule has 5 nitrogen and oxygen atoms in total. The van der Waals surface area contributed by atoms with Crippen molar-refractivity contribution in [1.82, 2.24) is 5.32 Å². The van der Waals surface area contributed by atoms with E-state index in [1.807, 2.05) is 13.8 Å². The van der Waals surface area contributed by atoms with Gasteiger partial charge in [-0.2, -0.15) is 0 Å². The predicted molar refractivity (Wildman–Crippen MR) is 70.6 cm³/mol. The van der Waals surface area contributed by atoms with Gasteiger partial charge >= 0.3 is 0 Å². The highest BCUT2D eigenvalue weighted by atomic mass is 16.6. The summed E-state index contributed by atoms with van der Waals surface area (Å²) in [6.07, 6.45) is -0.555.